The highest BCUT2D eigenvalue weighted by atomic mass is 35.5. The first kappa shape index (κ1) is 14.2. The van der Waals surface area contributed by atoms with Gasteiger partial charge in [-0.1, -0.05) is 11.6 Å². The van der Waals surface area contributed by atoms with Gasteiger partial charge in [0.15, 0.2) is 11.5 Å². The molecule has 1 aromatic rings. The molecule has 2 aliphatic heterocycles. The van der Waals surface area contributed by atoms with E-state index >= 15 is 0 Å². The van der Waals surface area contributed by atoms with Crippen molar-refractivity contribution in [3.05, 3.63) is 28.4 Å². The van der Waals surface area contributed by atoms with Crippen LogP contribution in [0.15, 0.2) is 17.8 Å². The van der Waals surface area contributed by atoms with Gasteiger partial charge in [-0.15, -0.1) is 0 Å². The van der Waals surface area contributed by atoms with E-state index in [0.29, 0.717) is 27.0 Å². The van der Waals surface area contributed by atoms with Crippen molar-refractivity contribution in [2.75, 3.05) is 13.3 Å². The van der Waals surface area contributed by atoms with E-state index in [4.69, 9.17) is 26.2 Å². The number of carboxylic acid groups (broad SMARTS) is 1. The van der Waals surface area contributed by atoms with Gasteiger partial charge in [0.25, 0.3) is 5.91 Å². The zero-order chi connectivity index (χ0) is 15.9. The number of hydrogen-bond acceptors (Lipinski definition) is 5. The van der Waals surface area contributed by atoms with Crippen LogP contribution in [0.4, 0.5) is 4.79 Å². The van der Waals surface area contributed by atoms with Crippen molar-refractivity contribution >= 4 is 35.6 Å². The zero-order valence-electron chi connectivity index (χ0n) is 11.0. The molecular formula is C13H9ClN2O6. The van der Waals surface area contributed by atoms with E-state index in [2.05, 4.69) is 5.32 Å². The highest BCUT2D eigenvalue weighted by molar-refractivity contribution is 6.32. The SMILES string of the molecule is O=C(O)CN1C(=O)N/C(=C/c2cc3c(cc2Cl)OCO3)C1=O. The van der Waals surface area contributed by atoms with Gasteiger partial charge >= 0.3 is 12.0 Å². The first-order chi connectivity index (χ1) is 10.5. The van der Waals surface area contributed by atoms with E-state index in [9.17, 15) is 14.4 Å². The Morgan fingerprint density at radius 3 is 2.73 bits per heavy atom. The Kier molecular flexibility index (Phi) is 3.38. The number of ether oxygens (including phenoxy) is 2. The summed E-state index contributed by atoms with van der Waals surface area (Å²) in [5, 5.41) is 11.3. The molecule has 0 radical (unpaired) electrons. The van der Waals surface area contributed by atoms with Crippen molar-refractivity contribution < 1.29 is 29.0 Å². The summed E-state index contributed by atoms with van der Waals surface area (Å²) < 4.78 is 10.4. The molecule has 0 unspecified atom stereocenters. The molecule has 2 N–H and O–H groups in total. The third-order valence-electron chi connectivity index (χ3n) is 3.05. The summed E-state index contributed by atoms with van der Waals surface area (Å²) in [6.45, 7) is -0.634. The number of hydrogen-bond donors (Lipinski definition) is 2. The summed E-state index contributed by atoms with van der Waals surface area (Å²) in [6, 6.07) is 2.30. The maximum absolute atomic E-state index is 12.0. The first-order valence-electron chi connectivity index (χ1n) is 6.11. The number of halogens is 1. The fourth-order valence-corrected chi connectivity index (χ4v) is 2.26. The van der Waals surface area contributed by atoms with Crippen molar-refractivity contribution in [3.63, 3.8) is 0 Å². The van der Waals surface area contributed by atoms with Crippen LogP contribution in [0.3, 0.4) is 0 Å². The van der Waals surface area contributed by atoms with Crippen molar-refractivity contribution in [2.24, 2.45) is 0 Å². The number of aliphatic carboxylic acids is 1. The number of rotatable bonds is 3. The van der Waals surface area contributed by atoms with Crippen LogP contribution >= 0.6 is 11.6 Å². The average Bonchev–Trinajstić information content (AvgIpc) is 2.99. The zero-order valence-corrected chi connectivity index (χ0v) is 11.7. The largest absolute Gasteiger partial charge is 0.480 e. The van der Waals surface area contributed by atoms with E-state index in [0.717, 1.165) is 0 Å². The Labute approximate surface area is 128 Å². The van der Waals surface area contributed by atoms with E-state index in [1.807, 2.05) is 0 Å². The normalized spacial score (nSPS) is 18.0. The standard InChI is InChI=1S/C13H9ClN2O6/c14-7-3-10-9(21-5-22-10)2-6(7)1-8-12(19)16(4-11(17)18)13(20)15-8/h1-3H,4-5H2,(H,15,20)(H,17,18)/b8-1+. The molecule has 0 saturated carbocycles. The minimum atomic E-state index is -1.29. The van der Waals surface area contributed by atoms with Crippen LogP contribution in [-0.2, 0) is 9.59 Å². The summed E-state index contributed by atoms with van der Waals surface area (Å²) in [7, 11) is 0. The number of carbonyl (C=O) groups excluding carboxylic acids is 2. The second-order valence-corrected chi connectivity index (χ2v) is 4.91. The summed E-state index contributed by atoms with van der Waals surface area (Å²) in [5.74, 6) is -1.07. The molecule has 1 aromatic carbocycles. The Balaban J connectivity index is 1.91. The van der Waals surface area contributed by atoms with Crippen LogP contribution in [-0.4, -0.2) is 41.3 Å². The third-order valence-corrected chi connectivity index (χ3v) is 3.37. The van der Waals surface area contributed by atoms with Gasteiger partial charge in [-0.05, 0) is 17.7 Å². The number of nitrogens with one attached hydrogen (secondary N) is 1. The average molecular weight is 325 g/mol. The lowest BCUT2D eigenvalue weighted by atomic mass is 10.1. The molecule has 22 heavy (non-hydrogen) atoms. The van der Waals surface area contributed by atoms with Crippen molar-refractivity contribution in [3.8, 4) is 11.5 Å². The number of benzene rings is 1. The molecule has 0 bridgehead atoms. The molecule has 0 atom stereocenters. The molecule has 0 spiro atoms. The van der Waals surface area contributed by atoms with Crippen molar-refractivity contribution in [1.29, 1.82) is 0 Å². The van der Waals surface area contributed by atoms with Crippen LogP contribution in [0, 0.1) is 0 Å². The molecule has 114 valence electrons. The van der Waals surface area contributed by atoms with Crippen LogP contribution in [0.2, 0.25) is 5.02 Å². The summed E-state index contributed by atoms with van der Waals surface area (Å²) in [4.78, 5) is 34.9. The lowest BCUT2D eigenvalue weighted by molar-refractivity contribution is -0.140. The van der Waals surface area contributed by atoms with Gasteiger partial charge in [0, 0.05) is 6.07 Å². The van der Waals surface area contributed by atoms with Gasteiger partial charge < -0.3 is 19.9 Å². The van der Waals surface area contributed by atoms with Gasteiger partial charge in [-0.2, -0.15) is 0 Å². The Morgan fingerprint density at radius 1 is 1.36 bits per heavy atom. The number of nitrogens with zero attached hydrogens (tertiary/aromatic N) is 1. The van der Waals surface area contributed by atoms with Crippen molar-refractivity contribution in [1.82, 2.24) is 10.2 Å². The fraction of sp³-hybridized carbons (Fsp3) is 0.154. The van der Waals surface area contributed by atoms with Crippen molar-refractivity contribution in [2.45, 2.75) is 0 Å². The highest BCUT2D eigenvalue weighted by Crippen LogP contribution is 2.37. The van der Waals surface area contributed by atoms with E-state index in [1.54, 1.807) is 6.07 Å². The van der Waals surface area contributed by atoms with E-state index < -0.39 is 24.5 Å². The Morgan fingerprint density at radius 2 is 2.05 bits per heavy atom. The van der Waals surface area contributed by atoms with E-state index in [-0.39, 0.29) is 12.5 Å². The lowest BCUT2D eigenvalue weighted by Crippen LogP contribution is -2.35. The molecule has 3 rings (SSSR count). The number of carbonyl (C=O) groups is 3. The van der Waals surface area contributed by atoms with E-state index in [1.165, 1.54) is 12.1 Å². The maximum Gasteiger partial charge on any atom is 0.329 e. The molecule has 1 saturated heterocycles. The third kappa shape index (κ3) is 2.44. The number of fused-ring (bicyclic) bond motifs is 1. The predicted molar refractivity (Wildman–Crippen MR) is 73.4 cm³/mol. The summed E-state index contributed by atoms with van der Waals surface area (Å²) >= 11 is 6.08. The minimum absolute atomic E-state index is 0.0629. The van der Waals surface area contributed by atoms with Gasteiger partial charge in [-0.3, -0.25) is 9.59 Å². The summed E-state index contributed by atoms with van der Waals surface area (Å²) in [5.41, 5.74) is 0.374. The molecule has 1 fully saturated rings. The smallest absolute Gasteiger partial charge is 0.329 e. The number of urea groups is 1. The molecule has 0 aliphatic carbocycles. The molecule has 8 nitrogen and oxygen atoms in total. The second-order valence-electron chi connectivity index (χ2n) is 4.50. The minimum Gasteiger partial charge on any atom is -0.480 e. The van der Waals surface area contributed by atoms with Gasteiger partial charge in [-0.25, -0.2) is 9.69 Å². The molecule has 3 amide bonds. The maximum atomic E-state index is 12.0. The van der Waals surface area contributed by atoms with Gasteiger partial charge in [0.2, 0.25) is 6.79 Å². The second kappa shape index (κ2) is 5.23. The Hall–Kier alpha value is -2.74. The quantitative estimate of drug-likeness (QED) is 0.636. The lowest BCUT2D eigenvalue weighted by Gasteiger charge is -2.07. The molecule has 2 heterocycles. The van der Waals surface area contributed by atoms with Gasteiger partial charge in [0.1, 0.15) is 12.2 Å². The molecule has 2 aliphatic rings. The number of amides is 3. The highest BCUT2D eigenvalue weighted by Gasteiger charge is 2.35. The molecular weight excluding hydrogens is 316 g/mol. The monoisotopic (exact) mass is 324 g/mol. The number of carboxylic acids is 1. The fourth-order valence-electron chi connectivity index (χ4n) is 2.05. The van der Waals surface area contributed by atoms with Crippen LogP contribution < -0.4 is 14.8 Å². The van der Waals surface area contributed by atoms with Crippen LogP contribution in [0.1, 0.15) is 5.56 Å². The number of imide groups is 1. The first-order valence-corrected chi connectivity index (χ1v) is 6.49. The van der Waals surface area contributed by atoms with Gasteiger partial charge in [0.05, 0.1) is 5.02 Å². The van der Waals surface area contributed by atoms with Crippen LogP contribution in [0.5, 0.6) is 11.5 Å². The molecule has 9 heteroatoms. The molecule has 0 aromatic heterocycles. The predicted octanol–water partition coefficient (Wildman–Crippen LogP) is 1.05. The Bertz CT molecular complexity index is 729. The summed E-state index contributed by atoms with van der Waals surface area (Å²) in [6.07, 6.45) is 1.35. The van der Waals surface area contributed by atoms with Crippen LogP contribution in [0.25, 0.3) is 6.08 Å². The topological polar surface area (TPSA) is 105 Å².